The molecule has 1 nitrogen and oxygen atoms in total. The van der Waals surface area contributed by atoms with Gasteiger partial charge >= 0.3 is 6.18 Å². The third kappa shape index (κ3) is 3.35. The van der Waals surface area contributed by atoms with Gasteiger partial charge in [0.1, 0.15) is 0 Å². The van der Waals surface area contributed by atoms with Gasteiger partial charge in [0.25, 0.3) is 0 Å². The molecule has 1 unspecified atom stereocenters. The molecule has 0 spiro atoms. The third-order valence-corrected chi connectivity index (χ3v) is 0.971. The molecule has 1 aliphatic rings. The van der Waals surface area contributed by atoms with Gasteiger partial charge in [-0.1, -0.05) is 0 Å². The van der Waals surface area contributed by atoms with Crippen LogP contribution in [-0.4, -0.2) is 18.9 Å². The zero-order valence-corrected chi connectivity index (χ0v) is 4.61. The zero-order valence-electron chi connectivity index (χ0n) is 4.61. The summed E-state index contributed by atoms with van der Waals surface area (Å²) in [6.07, 6.45) is -3.99. The zero-order chi connectivity index (χ0) is 6.91. The molecule has 0 bridgehead atoms. The molecular weight excluding hydrogens is 133 g/mol. The fourth-order valence-corrected chi connectivity index (χ4v) is 0.457. The molecule has 0 aromatic rings. The van der Waals surface area contributed by atoms with Crippen molar-refractivity contribution in [2.75, 3.05) is 6.61 Å². The Bertz CT molecular complexity index is 94.9. The van der Waals surface area contributed by atoms with Crippen LogP contribution >= 0.6 is 0 Å². The molecule has 1 saturated heterocycles. The molecule has 1 atom stereocenters. The van der Waals surface area contributed by atoms with E-state index < -0.39 is 12.6 Å². The summed E-state index contributed by atoms with van der Waals surface area (Å²) in [6.45, 7) is 0.454. The van der Waals surface area contributed by atoms with E-state index >= 15 is 0 Å². The molecule has 1 aliphatic heterocycles. The fourth-order valence-electron chi connectivity index (χ4n) is 0.457. The van der Waals surface area contributed by atoms with Crippen LogP contribution in [0.15, 0.2) is 0 Å². The first kappa shape index (κ1) is 6.86. The van der Waals surface area contributed by atoms with Crippen LogP contribution in [0.3, 0.4) is 0 Å². The molecule has 0 aromatic carbocycles. The van der Waals surface area contributed by atoms with Crippen molar-refractivity contribution in [1.82, 2.24) is 0 Å². The summed E-state index contributed by atoms with van der Waals surface area (Å²) < 4.78 is 38.6. The van der Waals surface area contributed by atoms with Crippen LogP contribution in [0.5, 0.6) is 0 Å². The second-order valence-corrected chi connectivity index (χ2v) is 1.93. The second-order valence-electron chi connectivity index (χ2n) is 1.93. The SMILES string of the molecule is FC(F)(F)C[CH]C1CO1. The van der Waals surface area contributed by atoms with E-state index in [2.05, 4.69) is 4.74 Å². The highest BCUT2D eigenvalue weighted by Crippen LogP contribution is 2.25. The summed E-state index contributed by atoms with van der Waals surface area (Å²) >= 11 is 0. The van der Waals surface area contributed by atoms with Crippen LogP contribution in [0.1, 0.15) is 6.42 Å². The maximum absolute atomic E-state index is 11.4. The van der Waals surface area contributed by atoms with E-state index in [1.807, 2.05) is 0 Å². The van der Waals surface area contributed by atoms with Crippen molar-refractivity contribution in [3.63, 3.8) is 0 Å². The number of halogens is 3. The van der Waals surface area contributed by atoms with E-state index in [1.54, 1.807) is 0 Å². The van der Waals surface area contributed by atoms with Gasteiger partial charge in [0.2, 0.25) is 0 Å². The highest BCUT2D eigenvalue weighted by Gasteiger charge is 2.32. The lowest BCUT2D eigenvalue weighted by Gasteiger charge is -2.01. The minimum absolute atomic E-state index is 0.230. The Morgan fingerprint density at radius 3 is 2.44 bits per heavy atom. The van der Waals surface area contributed by atoms with Crippen LogP contribution < -0.4 is 0 Å². The topological polar surface area (TPSA) is 12.5 Å². The van der Waals surface area contributed by atoms with Crippen molar-refractivity contribution in [1.29, 1.82) is 0 Å². The Labute approximate surface area is 50.8 Å². The predicted molar refractivity (Wildman–Crippen MR) is 24.7 cm³/mol. The number of hydrogen-bond acceptors (Lipinski definition) is 1. The van der Waals surface area contributed by atoms with Crippen LogP contribution in [0, 0.1) is 6.42 Å². The first-order valence-corrected chi connectivity index (χ1v) is 2.59. The van der Waals surface area contributed by atoms with Gasteiger partial charge < -0.3 is 4.74 Å². The van der Waals surface area contributed by atoms with Crippen molar-refractivity contribution >= 4 is 0 Å². The molecule has 53 valence electrons. The predicted octanol–water partition coefficient (Wildman–Crippen LogP) is 1.54. The standard InChI is InChI=1S/C5H6F3O/c6-5(7,8)2-1-4-3-9-4/h1,4H,2-3H2. The average molecular weight is 139 g/mol. The van der Waals surface area contributed by atoms with Gasteiger partial charge in [-0.3, -0.25) is 0 Å². The van der Waals surface area contributed by atoms with Gasteiger partial charge in [0.05, 0.1) is 12.7 Å². The van der Waals surface area contributed by atoms with E-state index in [0.29, 0.717) is 6.61 Å². The van der Waals surface area contributed by atoms with Gasteiger partial charge in [0.15, 0.2) is 0 Å². The molecule has 0 aliphatic carbocycles. The number of epoxide rings is 1. The molecule has 4 heteroatoms. The van der Waals surface area contributed by atoms with Gasteiger partial charge in [-0.2, -0.15) is 13.2 Å². The molecule has 0 saturated carbocycles. The maximum Gasteiger partial charge on any atom is 0.389 e. The molecule has 0 N–H and O–H groups in total. The van der Waals surface area contributed by atoms with E-state index in [-0.39, 0.29) is 6.10 Å². The fraction of sp³-hybridized carbons (Fsp3) is 0.800. The molecule has 1 radical (unpaired) electrons. The molecule has 9 heavy (non-hydrogen) atoms. The molecule has 0 amide bonds. The molecule has 1 rings (SSSR count). The van der Waals surface area contributed by atoms with Gasteiger partial charge in [-0.25, -0.2) is 0 Å². The van der Waals surface area contributed by atoms with Crippen molar-refractivity contribution in [3.05, 3.63) is 6.42 Å². The summed E-state index contributed by atoms with van der Waals surface area (Å²) in [5.41, 5.74) is 0. The normalized spacial score (nSPS) is 26.3. The van der Waals surface area contributed by atoms with Crippen LogP contribution in [0.4, 0.5) is 13.2 Å². The van der Waals surface area contributed by atoms with Crippen LogP contribution in [0.2, 0.25) is 0 Å². The van der Waals surface area contributed by atoms with Gasteiger partial charge in [-0.05, 0) is 0 Å². The molecule has 1 fully saturated rings. The van der Waals surface area contributed by atoms with E-state index in [4.69, 9.17) is 0 Å². The Hall–Kier alpha value is -0.250. The first-order valence-electron chi connectivity index (χ1n) is 2.59. The van der Waals surface area contributed by atoms with Crippen molar-refractivity contribution in [3.8, 4) is 0 Å². The van der Waals surface area contributed by atoms with Crippen LogP contribution in [-0.2, 0) is 4.74 Å². The van der Waals surface area contributed by atoms with E-state index in [1.165, 1.54) is 0 Å². The van der Waals surface area contributed by atoms with Crippen molar-refractivity contribution < 1.29 is 17.9 Å². The minimum atomic E-state index is -4.06. The molecule has 0 aromatic heterocycles. The molecule has 1 heterocycles. The molecular formula is C5H6F3O. The Morgan fingerprint density at radius 1 is 1.56 bits per heavy atom. The number of rotatable bonds is 2. The van der Waals surface area contributed by atoms with Gasteiger partial charge in [-0.15, -0.1) is 0 Å². The Balaban J connectivity index is 2.03. The maximum atomic E-state index is 11.4. The minimum Gasteiger partial charge on any atom is -0.373 e. The highest BCUT2D eigenvalue weighted by atomic mass is 19.4. The smallest absolute Gasteiger partial charge is 0.373 e. The summed E-state index contributed by atoms with van der Waals surface area (Å²) in [4.78, 5) is 0. The second kappa shape index (κ2) is 2.17. The summed E-state index contributed by atoms with van der Waals surface area (Å²) in [5.74, 6) is 0. The Kier molecular flexibility index (Phi) is 1.66. The quantitative estimate of drug-likeness (QED) is 0.528. The summed E-state index contributed by atoms with van der Waals surface area (Å²) in [6, 6.07) is 0. The number of alkyl halides is 3. The highest BCUT2D eigenvalue weighted by molar-refractivity contribution is 4.87. The van der Waals surface area contributed by atoms with E-state index in [9.17, 15) is 13.2 Å². The van der Waals surface area contributed by atoms with Gasteiger partial charge in [0, 0.05) is 12.8 Å². The lowest BCUT2D eigenvalue weighted by Crippen LogP contribution is -2.08. The van der Waals surface area contributed by atoms with Crippen molar-refractivity contribution in [2.45, 2.75) is 18.7 Å². The average Bonchev–Trinajstić information content (AvgIpc) is 2.38. The first-order chi connectivity index (χ1) is 4.08. The van der Waals surface area contributed by atoms with Crippen LogP contribution in [0.25, 0.3) is 0 Å². The third-order valence-electron chi connectivity index (χ3n) is 0.971. The summed E-state index contributed by atoms with van der Waals surface area (Å²) in [7, 11) is 0. The monoisotopic (exact) mass is 139 g/mol. The summed E-state index contributed by atoms with van der Waals surface area (Å²) in [5, 5.41) is 0. The largest absolute Gasteiger partial charge is 0.389 e. The number of hydrogen-bond donors (Lipinski definition) is 0. The van der Waals surface area contributed by atoms with Crippen molar-refractivity contribution in [2.24, 2.45) is 0 Å². The lowest BCUT2D eigenvalue weighted by molar-refractivity contribution is -0.128. The lowest BCUT2D eigenvalue weighted by atomic mass is 10.2. The Morgan fingerprint density at radius 2 is 2.11 bits per heavy atom. The van der Waals surface area contributed by atoms with E-state index in [0.717, 1.165) is 6.42 Å². The number of ether oxygens (including phenoxy) is 1.